The molecule has 0 aromatic carbocycles. The third-order valence-electron chi connectivity index (χ3n) is 7.38. The van der Waals surface area contributed by atoms with Crippen molar-refractivity contribution in [1.82, 2.24) is 0 Å². The highest BCUT2D eigenvalue weighted by molar-refractivity contribution is 5.79. The van der Waals surface area contributed by atoms with Crippen LogP contribution in [0.25, 0.3) is 0 Å². The molecule has 2 aliphatic carbocycles. The molecule has 0 aromatic rings. The molecule has 1 N–H and O–H groups in total. The quantitative estimate of drug-likeness (QED) is 0.542. The Morgan fingerprint density at radius 3 is 2.54 bits per heavy atom. The monoisotopic (exact) mass is 392 g/mol. The van der Waals surface area contributed by atoms with Crippen LogP contribution in [0.1, 0.15) is 66.2 Å². The summed E-state index contributed by atoms with van der Waals surface area (Å²) in [6.45, 7) is 12.0. The van der Waals surface area contributed by atoms with Gasteiger partial charge in [0.1, 0.15) is 11.5 Å². The highest BCUT2D eigenvalue weighted by Gasteiger charge is 2.62. The number of rotatable bonds is 6. The van der Waals surface area contributed by atoms with Crippen molar-refractivity contribution in [3.05, 3.63) is 23.8 Å². The van der Waals surface area contributed by atoms with E-state index < -0.39 is 11.5 Å². The van der Waals surface area contributed by atoms with Gasteiger partial charge in [0.25, 0.3) is 0 Å². The molecule has 0 bridgehead atoms. The Morgan fingerprint density at radius 2 is 1.96 bits per heavy atom. The van der Waals surface area contributed by atoms with Crippen LogP contribution < -0.4 is 0 Å². The van der Waals surface area contributed by atoms with E-state index in [9.17, 15) is 9.59 Å². The summed E-state index contributed by atoms with van der Waals surface area (Å²) in [5.41, 5.74) is 1.45. The van der Waals surface area contributed by atoms with Gasteiger partial charge in [-0.15, -0.1) is 0 Å². The lowest BCUT2D eigenvalue weighted by molar-refractivity contribution is -0.197. The first-order valence-corrected chi connectivity index (χ1v) is 10.3. The lowest BCUT2D eigenvalue weighted by atomic mass is 9.46. The van der Waals surface area contributed by atoms with Crippen LogP contribution in [0, 0.1) is 22.7 Å². The van der Waals surface area contributed by atoms with Crippen molar-refractivity contribution in [1.29, 1.82) is 0 Å². The van der Waals surface area contributed by atoms with Gasteiger partial charge in [-0.05, 0) is 69.6 Å². The molecule has 0 spiro atoms. The van der Waals surface area contributed by atoms with Crippen LogP contribution in [0.5, 0.6) is 0 Å². The van der Waals surface area contributed by atoms with E-state index in [1.807, 2.05) is 19.9 Å². The Balaban J connectivity index is 2.39. The zero-order chi connectivity index (χ0) is 21.1. The van der Waals surface area contributed by atoms with E-state index in [0.717, 1.165) is 32.1 Å². The van der Waals surface area contributed by atoms with Gasteiger partial charge in [0.15, 0.2) is 0 Å². The van der Waals surface area contributed by atoms with Crippen molar-refractivity contribution in [3.8, 4) is 0 Å². The van der Waals surface area contributed by atoms with Gasteiger partial charge in [-0.1, -0.05) is 30.7 Å². The van der Waals surface area contributed by atoms with Crippen molar-refractivity contribution in [2.24, 2.45) is 22.7 Å². The highest BCUT2D eigenvalue weighted by Crippen LogP contribution is 2.62. The molecule has 5 atom stereocenters. The van der Waals surface area contributed by atoms with E-state index in [-0.39, 0.29) is 35.8 Å². The molecular formula is C23H36O5. The molecule has 158 valence electrons. The standard InChI is InChI=1S/C23H36O5/c1-15(12-14-24)7-9-18-16(2)8-10-19-22(18,4)13-11-20(28-17(3)25)23(19,5)21(26)27-6/h12,18-20,24H,2,7-11,13-14H2,1,3-6H3. The second kappa shape index (κ2) is 8.81. The SMILES string of the molecule is C=C1CCC2C(C)(CCC(OC(C)=O)C2(C)C(=O)OC)C1CCC(C)=CCO. The van der Waals surface area contributed by atoms with Crippen molar-refractivity contribution in [3.63, 3.8) is 0 Å². The third kappa shape index (κ3) is 4.05. The second-order valence-electron chi connectivity index (χ2n) is 8.99. The summed E-state index contributed by atoms with van der Waals surface area (Å²) in [5.74, 6) is -0.304. The van der Waals surface area contributed by atoms with Crippen molar-refractivity contribution in [2.75, 3.05) is 13.7 Å². The molecule has 0 aromatic heterocycles. The summed E-state index contributed by atoms with van der Waals surface area (Å²) < 4.78 is 10.8. The molecule has 0 saturated heterocycles. The Hall–Kier alpha value is -1.62. The van der Waals surface area contributed by atoms with E-state index in [1.165, 1.54) is 25.2 Å². The van der Waals surface area contributed by atoms with Crippen LogP contribution in [-0.4, -0.2) is 36.9 Å². The molecule has 2 saturated carbocycles. The minimum atomic E-state index is -0.859. The van der Waals surface area contributed by atoms with Crippen LogP contribution in [0.3, 0.4) is 0 Å². The van der Waals surface area contributed by atoms with Gasteiger partial charge in [-0.2, -0.15) is 0 Å². The number of methoxy groups -OCH3 is 1. The Bertz CT molecular complexity index is 651. The van der Waals surface area contributed by atoms with Gasteiger partial charge < -0.3 is 14.6 Å². The van der Waals surface area contributed by atoms with Crippen molar-refractivity contribution in [2.45, 2.75) is 72.3 Å². The molecule has 2 rings (SSSR count). The fourth-order valence-electron chi connectivity index (χ4n) is 5.88. The van der Waals surface area contributed by atoms with Crippen LogP contribution >= 0.6 is 0 Å². The summed E-state index contributed by atoms with van der Waals surface area (Å²) in [7, 11) is 1.41. The van der Waals surface area contributed by atoms with Gasteiger partial charge >= 0.3 is 11.9 Å². The lowest BCUT2D eigenvalue weighted by Crippen LogP contribution is -2.60. The van der Waals surface area contributed by atoms with Crippen LogP contribution in [-0.2, 0) is 19.1 Å². The smallest absolute Gasteiger partial charge is 0.315 e. The molecule has 5 unspecified atom stereocenters. The maximum Gasteiger partial charge on any atom is 0.315 e. The minimum absolute atomic E-state index is 0.0574. The number of hydrogen-bond donors (Lipinski definition) is 1. The van der Waals surface area contributed by atoms with Crippen molar-refractivity contribution >= 4 is 11.9 Å². The molecule has 0 heterocycles. The zero-order valence-corrected chi connectivity index (χ0v) is 18.0. The second-order valence-corrected chi connectivity index (χ2v) is 8.99. The average Bonchev–Trinajstić information content (AvgIpc) is 2.62. The number of aliphatic hydroxyl groups excluding tert-OH is 1. The molecule has 5 heteroatoms. The van der Waals surface area contributed by atoms with E-state index in [1.54, 1.807) is 0 Å². The van der Waals surface area contributed by atoms with Gasteiger partial charge in [0.05, 0.1) is 13.7 Å². The topological polar surface area (TPSA) is 72.8 Å². The maximum absolute atomic E-state index is 12.9. The molecule has 28 heavy (non-hydrogen) atoms. The Kier molecular flexibility index (Phi) is 7.13. The van der Waals surface area contributed by atoms with Gasteiger partial charge in [0.2, 0.25) is 0 Å². The van der Waals surface area contributed by atoms with Gasteiger partial charge in [-0.25, -0.2) is 0 Å². The van der Waals surface area contributed by atoms with Crippen LogP contribution in [0.2, 0.25) is 0 Å². The first-order valence-electron chi connectivity index (χ1n) is 10.3. The summed E-state index contributed by atoms with van der Waals surface area (Å²) >= 11 is 0. The predicted octanol–water partition coefficient (Wildman–Crippen LogP) is 4.20. The number of fused-ring (bicyclic) bond motifs is 1. The average molecular weight is 393 g/mol. The van der Waals surface area contributed by atoms with Gasteiger partial charge in [-0.3, -0.25) is 9.59 Å². The summed E-state index contributed by atoms with van der Waals surface area (Å²) in [4.78, 5) is 24.6. The molecule has 0 aliphatic heterocycles. The number of hydrogen-bond acceptors (Lipinski definition) is 5. The zero-order valence-electron chi connectivity index (χ0n) is 18.0. The number of esters is 2. The lowest BCUT2D eigenvalue weighted by Gasteiger charge is -2.59. The highest BCUT2D eigenvalue weighted by atomic mass is 16.6. The van der Waals surface area contributed by atoms with E-state index in [4.69, 9.17) is 14.6 Å². The van der Waals surface area contributed by atoms with E-state index >= 15 is 0 Å². The molecule has 5 nitrogen and oxygen atoms in total. The maximum atomic E-state index is 12.9. The molecule has 0 radical (unpaired) electrons. The number of carbonyl (C=O) groups is 2. The molecule has 0 amide bonds. The number of carbonyl (C=O) groups excluding carboxylic acids is 2. The fraction of sp³-hybridized carbons (Fsp3) is 0.739. The predicted molar refractivity (Wildman–Crippen MR) is 108 cm³/mol. The largest absolute Gasteiger partial charge is 0.468 e. The summed E-state index contributed by atoms with van der Waals surface area (Å²) in [5, 5.41) is 9.13. The Labute approximate surface area is 169 Å². The Morgan fingerprint density at radius 1 is 1.29 bits per heavy atom. The molecular weight excluding hydrogens is 356 g/mol. The fourth-order valence-corrected chi connectivity index (χ4v) is 5.88. The van der Waals surface area contributed by atoms with E-state index in [0.29, 0.717) is 6.42 Å². The third-order valence-corrected chi connectivity index (χ3v) is 7.38. The number of allylic oxidation sites excluding steroid dienone is 2. The number of ether oxygens (including phenoxy) is 2. The summed E-state index contributed by atoms with van der Waals surface area (Å²) in [6.07, 6.45) is 6.48. The normalized spacial score (nSPS) is 35.9. The van der Waals surface area contributed by atoms with Crippen molar-refractivity contribution < 1.29 is 24.2 Å². The first kappa shape index (κ1) is 22.7. The first-order chi connectivity index (χ1) is 13.1. The van der Waals surface area contributed by atoms with E-state index in [2.05, 4.69) is 13.5 Å². The van der Waals surface area contributed by atoms with Crippen LogP contribution in [0.4, 0.5) is 0 Å². The minimum Gasteiger partial charge on any atom is -0.468 e. The van der Waals surface area contributed by atoms with Crippen LogP contribution in [0.15, 0.2) is 23.8 Å². The number of aliphatic hydroxyl groups is 1. The summed E-state index contributed by atoms with van der Waals surface area (Å²) in [6, 6.07) is 0. The molecule has 2 fully saturated rings. The molecule has 2 aliphatic rings. The van der Waals surface area contributed by atoms with Gasteiger partial charge in [0, 0.05) is 6.92 Å².